The van der Waals surface area contributed by atoms with Crippen LogP contribution in [-0.2, 0) is 15.8 Å². The zero-order valence-electron chi connectivity index (χ0n) is 24.0. The number of carbonyl (C=O) groups excluding carboxylic acids is 2. The van der Waals surface area contributed by atoms with Crippen molar-refractivity contribution in [2.75, 3.05) is 13.7 Å². The van der Waals surface area contributed by atoms with Crippen molar-refractivity contribution in [3.05, 3.63) is 81.9 Å². The van der Waals surface area contributed by atoms with E-state index >= 15 is 0 Å². The minimum Gasteiger partial charge on any atom is -0.494 e. The minimum atomic E-state index is -1.59. The summed E-state index contributed by atoms with van der Waals surface area (Å²) in [6.07, 6.45) is 4.16. The van der Waals surface area contributed by atoms with Crippen molar-refractivity contribution < 1.29 is 28.6 Å². The Bertz CT molecular complexity index is 1810. The van der Waals surface area contributed by atoms with Crippen molar-refractivity contribution in [1.82, 2.24) is 9.97 Å². The number of Topliss-reactive ketones (excluding diaryl/α,β-unsaturated/α-hetero) is 1. The van der Waals surface area contributed by atoms with Crippen LogP contribution in [0.4, 0.5) is 4.39 Å². The standard InChI is InChI=1S/C33H31ClFN3O5/c1-32(31(36)40)16-43-30-22(32)14-27(38-29(30)18-6-7-24(35)23(34)12-18)33(2,41)9-8-25(39)19-10-20-11-21(17-4-5-17)15-37-28(20)26(13-19)42-3/h6-7,10-15,17,41H,4-5,8-9,16H2,1-3H3,(H2,36,40)/t32-,33-/m0/s1. The Hall–Kier alpha value is -4.08. The largest absolute Gasteiger partial charge is 0.494 e. The van der Waals surface area contributed by atoms with Crippen LogP contribution in [0, 0.1) is 5.82 Å². The van der Waals surface area contributed by atoms with Gasteiger partial charge in [-0.2, -0.15) is 0 Å². The number of pyridine rings is 2. The summed E-state index contributed by atoms with van der Waals surface area (Å²) in [6.45, 7) is 3.19. The quantitative estimate of drug-likeness (QED) is 0.225. The lowest BCUT2D eigenvalue weighted by Gasteiger charge is -2.26. The van der Waals surface area contributed by atoms with E-state index in [2.05, 4.69) is 16.0 Å². The average Bonchev–Trinajstić information content (AvgIpc) is 3.79. The molecule has 2 aliphatic rings. The maximum absolute atomic E-state index is 14.0. The number of ether oxygens (including phenoxy) is 2. The van der Waals surface area contributed by atoms with Gasteiger partial charge >= 0.3 is 0 Å². The fraction of sp³-hybridized carbons (Fsp3) is 0.333. The van der Waals surface area contributed by atoms with Gasteiger partial charge in [-0.1, -0.05) is 11.6 Å². The van der Waals surface area contributed by atoms with E-state index in [1.54, 1.807) is 33.1 Å². The summed E-state index contributed by atoms with van der Waals surface area (Å²) in [5.41, 5.74) is 6.65. The van der Waals surface area contributed by atoms with E-state index < -0.39 is 22.7 Å². The molecule has 8 nitrogen and oxygen atoms in total. The number of fused-ring (bicyclic) bond motifs is 2. The third-order valence-electron chi connectivity index (χ3n) is 8.56. The highest BCUT2D eigenvalue weighted by molar-refractivity contribution is 6.31. The Labute approximate surface area is 253 Å². The third-order valence-corrected chi connectivity index (χ3v) is 8.85. The topological polar surface area (TPSA) is 125 Å². The monoisotopic (exact) mass is 603 g/mol. The molecule has 0 saturated heterocycles. The number of ketones is 1. The van der Waals surface area contributed by atoms with Crippen LogP contribution in [0.3, 0.4) is 0 Å². The molecule has 1 aliphatic carbocycles. The second-order valence-electron chi connectivity index (χ2n) is 11.8. The van der Waals surface area contributed by atoms with Crippen LogP contribution < -0.4 is 15.2 Å². The number of hydrogen-bond acceptors (Lipinski definition) is 7. The first-order valence-electron chi connectivity index (χ1n) is 14.1. The Kier molecular flexibility index (Phi) is 7.13. The number of rotatable bonds is 9. The van der Waals surface area contributed by atoms with Crippen LogP contribution in [0.1, 0.15) is 72.6 Å². The molecule has 2 aromatic carbocycles. The summed E-state index contributed by atoms with van der Waals surface area (Å²) in [6, 6.07) is 11.2. The predicted octanol–water partition coefficient (Wildman–Crippen LogP) is 5.98. The second-order valence-corrected chi connectivity index (χ2v) is 12.2. The predicted molar refractivity (Wildman–Crippen MR) is 160 cm³/mol. The Balaban J connectivity index is 1.33. The number of aromatic nitrogens is 2. The number of aliphatic hydroxyl groups is 1. The van der Waals surface area contributed by atoms with Gasteiger partial charge in [0.15, 0.2) is 5.78 Å². The number of primary amides is 1. The number of nitrogens with two attached hydrogens (primary N) is 1. The molecule has 1 amide bonds. The minimum absolute atomic E-state index is 0.00251. The number of nitrogens with zero attached hydrogens (tertiary/aromatic N) is 2. The van der Waals surface area contributed by atoms with Crippen molar-refractivity contribution in [2.45, 2.75) is 56.5 Å². The molecule has 1 saturated carbocycles. The van der Waals surface area contributed by atoms with E-state index in [0.717, 1.165) is 23.8 Å². The van der Waals surface area contributed by atoms with Crippen LogP contribution in [0.2, 0.25) is 5.02 Å². The zero-order chi connectivity index (χ0) is 30.7. The van der Waals surface area contributed by atoms with Gasteiger partial charge in [-0.15, -0.1) is 0 Å². The molecule has 0 spiro atoms. The van der Waals surface area contributed by atoms with Crippen LogP contribution >= 0.6 is 11.6 Å². The molecule has 3 heterocycles. The summed E-state index contributed by atoms with van der Waals surface area (Å²) in [5, 5.41) is 12.4. The Morgan fingerprint density at radius 3 is 2.67 bits per heavy atom. The maximum Gasteiger partial charge on any atom is 0.231 e. The molecule has 1 aliphatic heterocycles. The second kappa shape index (κ2) is 10.6. The van der Waals surface area contributed by atoms with E-state index in [4.69, 9.17) is 26.8 Å². The number of hydrogen-bond donors (Lipinski definition) is 2. The van der Waals surface area contributed by atoms with Crippen molar-refractivity contribution >= 4 is 34.2 Å². The summed E-state index contributed by atoms with van der Waals surface area (Å²) in [5.74, 6) is -0.0721. The summed E-state index contributed by atoms with van der Waals surface area (Å²) < 4.78 is 25.4. The highest BCUT2D eigenvalue weighted by Crippen LogP contribution is 2.46. The van der Waals surface area contributed by atoms with Gasteiger partial charge < -0.3 is 20.3 Å². The van der Waals surface area contributed by atoms with Gasteiger partial charge in [-0.25, -0.2) is 9.37 Å². The van der Waals surface area contributed by atoms with E-state index in [1.165, 1.54) is 18.2 Å². The molecular weight excluding hydrogens is 573 g/mol. The van der Waals surface area contributed by atoms with E-state index in [1.807, 2.05) is 12.3 Å². The zero-order valence-corrected chi connectivity index (χ0v) is 24.8. The lowest BCUT2D eigenvalue weighted by atomic mass is 9.81. The van der Waals surface area contributed by atoms with Gasteiger partial charge in [0.25, 0.3) is 0 Å². The normalized spacial score (nSPS) is 19.0. The first-order chi connectivity index (χ1) is 20.4. The first kappa shape index (κ1) is 29.0. The van der Waals surface area contributed by atoms with Gasteiger partial charge in [0.1, 0.15) is 46.1 Å². The van der Waals surface area contributed by atoms with Gasteiger partial charge in [-0.05, 0) is 87.1 Å². The molecule has 222 valence electrons. The van der Waals surface area contributed by atoms with Crippen LogP contribution in [-0.4, -0.2) is 40.5 Å². The maximum atomic E-state index is 14.0. The Morgan fingerprint density at radius 1 is 1.23 bits per heavy atom. The SMILES string of the molecule is COc1cc(C(=O)CC[C@](C)(O)c2cc3c(c(-c4ccc(F)c(Cl)c4)n2)OC[C@]3(C)C(N)=O)cc2cc(C3CC3)cnc12. The number of benzene rings is 2. The molecular formula is C33H31ClFN3O5. The van der Waals surface area contributed by atoms with Gasteiger partial charge in [0.05, 0.1) is 17.8 Å². The molecule has 3 N–H and O–H groups in total. The van der Waals surface area contributed by atoms with Crippen LogP contribution in [0.5, 0.6) is 11.5 Å². The number of halogens is 2. The highest BCUT2D eigenvalue weighted by Gasteiger charge is 2.45. The number of carbonyl (C=O) groups is 2. The summed E-state index contributed by atoms with van der Waals surface area (Å²) >= 11 is 6.06. The van der Waals surface area contributed by atoms with Crippen LogP contribution in [0.15, 0.2) is 48.7 Å². The lowest BCUT2D eigenvalue weighted by molar-refractivity contribution is -0.123. The van der Waals surface area contributed by atoms with E-state index in [9.17, 15) is 19.1 Å². The molecule has 2 aromatic heterocycles. The molecule has 4 aromatic rings. The molecule has 0 radical (unpaired) electrons. The van der Waals surface area contributed by atoms with Crippen molar-refractivity contribution in [2.24, 2.45) is 5.73 Å². The molecule has 6 rings (SSSR count). The van der Waals surface area contributed by atoms with Gasteiger partial charge in [0, 0.05) is 34.7 Å². The molecule has 43 heavy (non-hydrogen) atoms. The fourth-order valence-electron chi connectivity index (χ4n) is 5.52. The van der Waals surface area contributed by atoms with E-state index in [0.29, 0.717) is 39.6 Å². The number of methoxy groups -OCH3 is 1. The first-order valence-corrected chi connectivity index (χ1v) is 14.5. The van der Waals surface area contributed by atoms with Crippen molar-refractivity contribution in [3.8, 4) is 22.8 Å². The summed E-state index contributed by atoms with van der Waals surface area (Å²) in [7, 11) is 1.54. The molecule has 2 atom stereocenters. The highest BCUT2D eigenvalue weighted by atomic mass is 35.5. The molecule has 1 fully saturated rings. The molecule has 0 unspecified atom stereocenters. The Morgan fingerprint density at radius 2 is 2.00 bits per heavy atom. The molecule has 10 heteroatoms. The smallest absolute Gasteiger partial charge is 0.231 e. The lowest BCUT2D eigenvalue weighted by Crippen LogP contribution is -2.40. The van der Waals surface area contributed by atoms with Crippen molar-refractivity contribution in [1.29, 1.82) is 0 Å². The summed E-state index contributed by atoms with van der Waals surface area (Å²) in [4.78, 5) is 35.2. The van der Waals surface area contributed by atoms with Gasteiger partial charge in [0.2, 0.25) is 5.91 Å². The average molecular weight is 604 g/mol. The van der Waals surface area contributed by atoms with Gasteiger partial charge in [-0.3, -0.25) is 14.6 Å². The van der Waals surface area contributed by atoms with Crippen molar-refractivity contribution in [3.63, 3.8) is 0 Å². The fourth-order valence-corrected chi connectivity index (χ4v) is 5.70. The van der Waals surface area contributed by atoms with E-state index in [-0.39, 0.29) is 41.6 Å². The van der Waals surface area contributed by atoms with Crippen LogP contribution in [0.25, 0.3) is 22.2 Å². The molecule has 0 bridgehead atoms. The third kappa shape index (κ3) is 5.21. The number of amides is 1.